The third kappa shape index (κ3) is 4.39. The van der Waals surface area contributed by atoms with Crippen LogP contribution in [0.1, 0.15) is 29.5 Å². The van der Waals surface area contributed by atoms with E-state index in [0.717, 1.165) is 45.5 Å². The number of hydrogen-bond donors (Lipinski definition) is 0. The molecule has 0 bridgehead atoms. The number of methoxy groups -OCH3 is 1. The summed E-state index contributed by atoms with van der Waals surface area (Å²) in [6, 6.07) is 21.5. The normalized spacial score (nSPS) is 24.0. The second-order valence-corrected chi connectivity index (χ2v) is 13.6. The Hall–Kier alpha value is -3.99. The fraction of sp³-hybridized carbons (Fsp3) is 0.273. The first-order chi connectivity index (χ1) is 20.6. The van der Waals surface area contributed by atoms with E-state index in [2.05, 4.69) is 34.3 Å². The highest BCUT2D eigenvalue weighted by atomic mass is 32.2. The summed E-state index contributed by atoms with van der Waals surface area (Å²) in [5.74, 6) is -1.09. The first-order valence-electron chi connectivity index (χ1n) is 14.1. The zero-order valence-corrected chi connectivity index (χ0v) is 24.6. The molecule has 1 aliphatic carbocycles. The van der Waals surface area contributed by atoms with E-state index in [4.69, 9.17) is 4.74 Å². The number of nitrogens with zero attached hydrogens (tertiary/aromatic N) is 4. The highest BCUT2D eigenvalue weighted by molar-refractivity contribution is 7.89. The van der Waals surface area contributed by atoms with Gasteiger partial charge in [0.05, 0.1) is 29.2 Å². The monoisotopic (exact) mass is 600 g/mol. The maximum Gasteiger partial charge on any atom is 0.244 e. The molecule has 10 heteroatoms. The molecule has 3 aromatic carbocycles. The maximum absolute atomic E-state index is 14.0. The van der Waals surface area contributed by atoms with Crippen molar-refractivity contribution in [1.29, 1.82) is 0 Å². The number of aryl methyl sites for hydroxylation is 1. The lowest BCUT2D eigenvalue weighted by Crippen LogP contribution is -2.38. The molecule has 0 N–H and O–H groups in total. The second-order valence-electron chi connectivity index (χ2n) is 11.7. The number of halogens is 2. The summed E-state index contributed by atoms with van der Waals surface area (Å²) in [6.45, 7) is 2.52. The molecular formula is C33H30F2N4O3S. The summed E-state index contributed by atoms with van der Waals surface area (Å²) in [5, 5.41) is 5.49. The van der Waals surface area contributed by atoms with E-state index in [1.165, 1.54) is 22.6 Å². The third-order valence-electron chi connectivity index (χ3n) is 9.37. The van der Waals surface area contributed by atoms with Crippen molar-refractivity contribution >= 4 is 20.9 Å². The summed E-state index contributed by atoms with van der Waals surface area (Å²) in [5.41, 5.74) is 3.50. The molecule has 0 unspecified atom stereocenters. The van der Waals surface area contributed by atoms with Crippen LogP contribution in [0.25, 0.3) is 16.6 Å². The van der Waals surface area contributed by atoms with Gasteiger partial charge in [-0.2, -0.15) is 9.40 Å². The van der Waals surface area contributed by atoms with E-state index in [1.807, 2.05) is 25.1 Å². The standard InChI is InChI=1S/C33H30F2N4O3S/c1-22-12-31-23(16-37-39(31)28-10-8-26(34)9-11-28)13-30(22)32-20-33(42-2,24-6-4-3-5-7-24)15-25(32)19-38(21-32)43(40,41)29-14-27(35)17-36-18-29/h3-14,16-18,25H,15,19-21H2,1-2H3/t25-,32-,33-/m1/s1. The van der Waals surface area contributed by atoms with Crippen molar-refractivity contribution < 1.29 is 21.9 Å². The maximum atomic E-state index is 14.0. The molecule has 0 radical (unpaired) electrons. The molecule has 1 saturated carbocycles. The van der Waals surface area contributed by atoms with Gasteiger partial charge in [-0.25, -0.2) is 21.9 Å². The summed E-state index contributed by atoms with van der Waals surface area (Å²) in [6.07, 6.45) is 5.16. The van der Waals surface area contributed by atoms with Crippen molar-refractivity contribution in [1.82, 2.24) is 19.1 Å². The van der Waals surface area contributed by atoms with Gasteiger partial charge in [0.15, 0.2) is 0 Å². The zero-order chi connectivity index (χ0) is 30.0. The Bertz CT molecular complexity index is 1950. The van der Waals surface area contributed by atoms with Gasteiger partial charge >= 0.3 is 0 Å². The first kappa shape index (κ1) is 27.8. The van der Waals surface area contributed by atoms with Crippen LogP contribution >= 0.6 is 0 Å². The molecule has 3 heterocycles. The average Bonchev–Trinajstić information content (AvgIpc) is 3.67. The van der Waals surface area contributed by atoms with Gasteiger partial charge < -0.3 is 4.74 Å². The topological polar surface area (TPSA) is 77.3 Å². The minimum absolute atomic E-state index is 0.0766. The molecular weight excluding hydrogens is 570 g/mol. The number of aromatic nitrogens is 3. The van der Waals surface area contributed by atoms with E-state index in [9.17, 15) is 17.2 Å². The largest absolute Gasteiger partial charge is 0.373 e. The summed E-state index contributed by atoms with van der Waals surface area (Å²) in [7, 11) is -2.29. The Labute approximate surface area is 248 Å². The molecule has 1 aliphatic heterocycles. The fourth-order valence-electron chi connectivity index (χ4n) is 7.37. The molecule has 0 spiro atoms. The van der Waals surface area contributed by atoms with Gasteiger partial charge in [-0.3, -0.25) is 4.98 Å². The van der Waals surface area contributed by atoms with Crippen LogP contribution in [-0.4, -0.2) is 47.7 Å². The number of fused-ring (bicyclic) bond motifs is 2. The van der Waals surface area contributed by atoms with Crippen LogP contribution in [0.2, 0.25) is 0 Å². The second kappa shape index (κ2) is 10.0. The SMILES string of the molecule is CO[C@]1(c2ccccc2)C[C@@H]2CN(S(=O)(=O)c3cncc(F)c3)C[C@]2(c2cc3cnn(-c4ccc(F)cc4)c3cc2C)C1. The van der Waals surface area contributed by atoms with Gasteiger partial charge in [-0.05, 0) is 84.8 Å². The van der Waals surface area contributed by atoms with Crippen molar-refractivity contribution in [2.75, 3.05) is 20.2 Å². The number of hydrogen-bond acceptors (Lipinski definition) is 5. The Morgan fingerprint density at radius 2 is 1.72 bits per heavy atom. The molecule has 1 saturated heterocycles. The summed E-state index contributed by atoms with van der Waals surface area (Å²) >= 11 is 0. The van der Waals surface area contributed by atoms with Crippen LogP contribution in [0.5, 0.6) is 0 Å². The van der Waals surface area contributed by atoms with E-state index in [0.29, 0.717) is 12.8 Å². The molecule has 220 valence electrons. The molecule has 2 aliphatic rings. The predicted molar refractivity (Wildman–Crippen MR) is 158 cm³/mol. The number of pyridine rings is 1. The lowest BCUT2D eigenvalue weighted by molar-refractivity contribution is -0.0183. The number of sulfonamides is 1. The fourth-order valence-corrected chi connectivity index (χ4v) is 8.90. The highest BCUT2D eigenvalue weighted by Gasteiger charge is 2.62. The zero-order valence-electron chi connectivity index (χ0n) is 23.7. The van der Waals surface area contributed by atoms with Crippen molar-refractivity contribution in [2.24, 2.45) is 5.92 Å². The van der Waals surface area contributed by atoms with E-state index >= 15 is 0 Å². The van der Waals surface area contributed by atoms with Crippen molar-refractivity contribution in [2.45, 2.75) is 35.7 Å². The Balaban J connectivity index is 1.36. The van der Waals surface area contributed by atoms with Crippen molar-refractivity contribution in [3.8, 4) is 5.69 Å². The molecule has 5 aromatic rings. The summed E-state index contributed by atoms with van der Waals surface area (Å²) in [4.78, 5) is 3.64. The van der Waals surface area contributed by atoms with E-state index in [-0.39, 0.29) is 29.7 Å². The molecule has 7 rings (SSSR count). The molecule has 3 atom stereocenters. The van der Waals surface area contributed by atoms with E-state index < -0.39 is 26.9 Å². The van der Waals surface area contributed by atoms with Gasteiger partial charge in [-0.15, -0.1) is 0 Å². The molecule has 43 heavy (non-hydrogen) atoms. The first-order valence-corrected chi connectivity index (χ1v) is 15.6. The number of rotatable bonds is 6. The number of benzene rings is 3. The van der Waals surface area contributed by atoms with Gasteiger partial charge in [0.1, 0.15) is 16.5 Å². The molecule has 2 fully saturated rings. The van der Waals surface area contributed by atoms with Crippen LogP contribution in [-0.2, 0) is 25.8 Å². The van der Waals surface area contributed by atoms with Crippen molar-refractivity contribution in [3.63, 3.8) is 0 Å². The van der Waals surface area contributed by atoms with Gasteiger partial charge in [-0.1, -0.05) is 30.3 Å². The lowest BCUT2D eigenvalue weighted by Gasteiger charge is -2.35. The molecule has 0 amide bonds. The predicted octanol–water partition coefficient (Wildman–Crippen LogP) is 5.90. The minimum Gasteiger partial charge on any atom is -0.373 e. The van der Waals surface area contributed by atoms with Gasteiger partial charge in [0.25, 0.3) is 0 Å². The number of ether oxygens (including phenoxy) is 1. The van der Waals surface area contributed by atoms with Crippen molar-refractivity contribution in [3.05, 3.63) is 120 Å². The highest BCUT2D eigenvalue weighted by Crippen LogP contribution is 2.60. The Morgan fingerprint density at radius 3 is 2.44 bits per heavy atom. The average molecular weight is 601 g/mol. The molecule has 2 aromatic heterocycles. The smallest absolute Gasteiger partial charge is 0.244 e. The molecule has 7 nitrogen and oxygen atoms in total. The minimum atomic E-state index is -4.01. The van der Waals surface area contributed by atoms with Gasteiger partial charge in [0.2, 0.25) is 10.0 Å². The third-order valence-corrected chi connectivity index (χ3v) is 11.1. The van der Waals surface area contributed by atoms with Gasteiger partial charge in [0, 0.05) is 37.2 Å². The Kier molecular flexibility index (Phi) is 6.50. The van der Waals surface area contributed by atoms with Crippen LogP contribution in [0.15, 0.2) is 96.3 Å². The van der Waals surface area contributed by atoms with Crippen LogP contribution in [0, 0.1) is 24.5 Å². The van der Waals surface area contributed by atoms with Crippen LogP contribution < -0.4 is 0 Å². The van der Waals surface area contributed by atoms with Crippen LogP contribution in [0.3, 0.4) is 0 Å². The quantitative estimate of drug-likeness (QED) is 0.243. The van der Waals surface area contributed by atoms with Crippen LogP contribution in [0.4, 0.5) is 8.78 Å². The lowest BCUT2D eigenvalue weighted by atomic mass is 9.72. The summed E-state index contributed by atoms with van der Waals surface area (Å²) < 4.78 is 64.9. The van der Waals surface area contributed by atoms with E-state index in [1.54, 1.807) is 30.1 Å². The Morgan fingerprint density at radius 1 is 0.953 bits per heavy atom.